The Morgan fingerprint density at radius 3 is 1.65 bits per heavy atom. The second-order valence-corrected chi connectivity index (χ2v) is 24.1. The highest BCUT2D eigenvalue weighted by Gasteiger charge is 2.48. The van der Waals surface area contributed by atoms with Gasteiger partial charge in [0.05, 0.1) is 5.41 Å². The first-order chi connectivity index (χ1) is 27.3. The Kier molecular flexibility index (Phi) is 13.9. The van der Waals surface area contributed by atoms with Gasteiger partial charge in [-0.05, 0) is 112 Å². The smallest absolute Gasteiger partial charge is 0.122 e. The quantitative estimate of drug-likeness (QED) is 0.142. The number of benzene rings is 2. The van der Waals surface area contributed by atoms with Gasteiger partial charge in [0, 0.05) is 30.7 Å². The molecule has 2 N–H and O–H groups in total. The molecule has 2 unspecified atom stereocenters. The van der Waals surface area contributed by atoms with Gasteiger partial charge >= 0.3 is 0 Å². The Balaban J connectivity index is 1.58. The zero-order chi connectivity index (χ0) is 40.5. The van der Waals surface area contributed by atoms with E-state index in [0.717, 1.165) is 43.7 Å². The number of nitrogens with one attached hydrogen (secondary N) is 2. The standard InChI is InChI=1S/C52H73Cl2N2P/c1-34(2)41-22-15-23-42(35(3)4)47(41)45-26-17-28-51(49(45)50-55-30-31-56-50,48-43(36(5)6)24-16-25-44(48)37(7)8)32-38-33-52(53,54)29-27-46(38)57(39-18-11-9-12-19-39)40-20-13-10-14-21-40/h15-17,22-26,28,32,34-37,39-40,46,55-56H,9-14,18-21,27,29-31,33H2,1-8H3. The summed E-state index contributed by atoms with van der Waals surface area (Å²) in [4.78, 5) is 0. The number of alkyl halides is 2. The fourth-order valence-electron chi connectivity index (χ4n) is 11.5. The molecule has 0 aromatic heterocycles. The lowest BCUT2D eigenvalue weighted by atomic mass is 9.61. The van der Waals surface area contributed by atoms with Crippen molar-refractivity contribution in [2.45, 2.75) is 189 Å². The van der Waals surface area contributed by atoms with Crippen molar-refractivity contribution in [1.29, 1.82) is 0 Å². The highest BCUT2D eigenvalue weighted by molar-refractivity contribution is 7.60. The zero-order valence-electron chi connectivity index (χ0n) is 36.6. The van der Waals surface area contributed by atoms with Crippen molar-refractivity contribution in [2.75, 3.05) is 13.1 Å². The average Bonchev–Trinajstić information content (AvgIpc) is 3.73. The maximum Gasteiger partial charge on any atom is 0.122 e. The van der Waals surface area contributed by atoms with E-state index < -0.39 is 9.75 Å². The van der Waals surface area contributed by atoms with Gasteiger partial charge in [-0.25, -0.2) is 0 Å². The minimum atomic E-state index is -0.759. The second kappa shape index (κ2) is 18.3. The van der Waals surface area contributed by atoms with Gasteiger partial charge in [-0.2, -0.15) is 0 Å². The number of halogens is 2. The molecule has 1 saturated heterocycles. The number of hydrogen-bond acceptors (Lipinski definition) is 2. The number of allylic oxidation sites excluding steroid dienone is 7. The van der Waals surface area contributed by atoms with Gasteiger partial charge in [0.25, 0.3) is 0 Å². The van der Waals surface area contributed by atoms with E-state index in [9.17, 15) is 0 Å². The molecule has 5 aliphatic rings. The van der Waals surface area contributed by atoms with Gasteiger partial charge in [-0.1, -0.05) is 168 Å². The minimum Gasteiger partial charge on any atom is -0.370 e. The summed E-state index contributed by atoms with van der Waals surface area (Å²) in [5.41, 5.74) is 14.6. The Labute approximate surface area is 359 Å². The summed E-state index contributed by atoms with van der Waals surface area (Å²) in [5.74, 6) is 2.65. The van der Waals surface area contributed by atoms with E-state index in [1.54, 1.807) is 5.57 Å². The van der Waals surface area contributed by atoms with Crippen LogP contribution in [0.1, 0.15) is 196 Å². The van der Waals surface area contributed by atoms with Crippen LogP contribution in [0.2, 0.25) is 0 Å². The molecule has 2 aromatic carbocycles. The highest BCUT2D eigenvalue weighted by Crippen LogP contribution is 2.65. The molecule has 3 saturated carbocycles. The van der Waals surface area contributed by atoms with Gasteiger partial charge in [-0.15, -0.1) is 23.2 Å². The van der Waals surface area contributed by atoms with Crippen molar-refractivity contribution >= 4 is 36.7 Å². The van der Waals surface area contributed by atoms with E-state index in [-0.39, 0.29) is 7.92 Å². The minimum absolute atomic E-state index is 0.233. The molecule has 1 aliphatic heterocycles. The van der Waals surface area contributed by atoms with Crippen LogP contribution in [0.4, 0.5) is 0 Å². The first-order valence-electron chi connectivity index (χ1n) is 23.1. The monoisotopic (exact) mass is 826 g/mol. The Morgan fingerprint density at radius 2 is 1.16 bits per heavy atom. The molecule has 7 rings (SSSR count). The summed E-state index contributed by atoms with van der Waals surface area (Å²) in [6, 6.07) is 14.2. The Morgan fingerprint density at radius 1 is 0.667 bits per heavy atom. The summed E-state index contributed by atoms with van der Waals surface area (Å²) in [6.45, 7) is 20.9. The van der Waals surface area contributed by atoms with Gasteiger partial charge in [-0.3, -0.25) is 0 Å². The van der Waals surface area contributed by atoms with Crippen LogP contribution in [0.3, 0.4) is 0 Å². The molecule has 1 heterocycles. The molecule has 310 valence electrons. The average molecular weight is 828 g/mol. The highest BCUT2D eigenvalue weighted by atomic mass is 35.5. The van der Waals surface area contributed by atoms with E-state index in [2.05, 4.69) is 127 Å². The molecule has 2 aromatic rings. The number of hydrogen-bond donors (Lipinski definition) is 2. The third-order valence-corrected chi connectivity index (χ3v) is 18.8. The van der Waals surface area contributed by atoms with Crippen LogP contribution < -0.4 is 10.6 Å². The van der Waals surface area contributed by atoms with Gasteiger partial charge in [0.1, 0.15) is 10.2 Å². The predicted molar refractivity (Wildman–Crippen MR) is 252 cm³/mol. The molecule has 0 spiro atoms. The van der Waals surface area contributed by atoms with E-state index in [4.69, 9.17) is 23.2 Å². The SMILES string of the molecule is CC(C)c1cccc(C(C)C)c1C1=CC=CC(C=C2CC(Cl)(Cl)CCC2P(C2CCCCC2)C2CCCCC2)(c2c(C(C)C)cccc2C(C)C)C1=C1NCCN1. The zero-order valence-corrected chi connectivity index (χ0v) is 39.0. The van der Waals surface area contributed by atoms with Crippen LogP contribution in [-0.4, -0.2) is 34.4 Å². The van der Waals surface area contributed by atoms with Crippen LogP contribution in [0.15, 0.2) is 77.7 Å². The fourth-order valence-corrected chi connectivity index (χ4v) is 16.6. The lowest BCUT2D eigenvalue weighted by Gasteiger charge is -2.48. The molecule has 4 aliphatic carbocycles. The van der Waals surface area contributed by atoms with Crippen LogP contribution in [0.25, 0.3) is 5.57 Å². The summed E-state index contributed by atoms with van der Waals surface area (Å²) in [6.07, 6.45) is 27.1. The van der Waals surface area contributed by atoms with Crippen LogP contribution in [-0.2, 0) is 5.41 Å². The Hall–Kier alpha value is -1.99. The van der Waals surface area contributed by atoms with Crippen molar-refractivity contribution in [3.8, 4) is 0 Å². The van der Waals surface area contributed by atoms with Crippen molar-refractivity contribution in [2.24, 2.45) is 0 Å². The van der Waals surface area contributed by atoms with E-state index >= 15 is 0 Å². The van der Waals surface area contributed by atoms with Crippen molar-refractivity contribution in [3.05, 3.63) is 111 Å². The van der Waals surface area contributed by atoms with Crippen LogP contribution >= 0.6 is 31.1 Å². The summed E-state index contributed by atoms with van der Waals surface area (Å²) < 4.78 is -0.759. The molecular weight excluding hydrogens is 754 g/mol. The Bertz CT molecular complexity index is 1770. The van der Waals surface area contributed by atoms with Crippen molar-refractivity contribution in [3.63, 3.8) is 0 Å². The normalized spacial score (nSPS) is 25.6. The fraction of sp³-hybridized carbons (Fsp3) is 0.615. The first kappa shape index (κ1) is 43.1. The van der Waals surface area contributed by atoms with Crippen molar-refractivity contribution in [1.82, 2.24) is 10.6 Å². The maximum atomic E-state index is 7.45. The van der Waals surface area contributed by atoms with E-state index in [1.807, 2.05) is 0 Å². The molecule has 0 radical (unpaired) electrons. The summed E-state index contributed by atoms with van der Waals surface area (Å²) in [5, 5.41) is 7.91. The largest absolute Gasteiger partial charge is 0.370 e. The van der Waals surface area contributed by atoms with Gasteiger partial charge in [0.15, 0.2) is 0 Å². The molecule has 4 fully saturated rings. The van der Waals surface area contributed by atoms with E-state index in [0.29, 0.717) is 29.3 Å². The summed E-state index contributed by atoms with van der Waals surface area (Å²) in [7, 11) is -0.233. The topological polar surface area (TPSA) is 24.1 Å². The lowest BCUT2D eigenvalue weighted by molar-refractivity contribution is 0.474. The molecular formula is C52H73Cl2N2P. The molecule has 0 amide bonds. The molecule has 0 bridgehead atoms. The lowest BCUT2D eigenvalue weighted by Crippen LogP contribution is -2.38. The van der Waals surface area contributed by atoms with Gasteiger partial charge in [0.2, 0.25) is 0 Å². The molecule has 57 heavy (non-hydrogen) atoms. The predicted octanol–water partition coefficient (Wildman–Crippen LogP) is 15.3. The third kappa shape index (κ3) is 8.92. The molecule has 2 nitrogen and oxygen atoms in total. The first-order valence-corrected chi connectivity index (χ1v) is 25.4. The van der Waals surface area contributed by atoms with Crippen molar-refractivity contribution < 1.29 is 0 Å². The number of rotatable bonds is 10. The van der Waals surface area contributed by atoms with Crippen LogP contribution in [0.5, 0.6) is 0 Å². The molecule has 5 heteroatoms. The molecule has 2 atom stereocenters. The third-order valence-electron chi connectivity index (χ3n) is 14.2. The van der Waals surface area contributed by atoms with Gasteiger partial charge < -0.3 is 10.6 Å². The van der Waals surface area contributed by atoms with E-state index in [1.165, 1.54) is 115 Å². The maximum absolute atomic E-state index is 7.45. The second-order valence-electron chi connectivity index (χ2n) is 19.5. The summed E-state index contributed by atoms with van der Waals surface area (Å²) >= 11 is 14.9. The van der Waals surface area contributed by atoms with Crippen LogP contribution in [0, 0.1) is 0 Å².